The molecule has 21 heavy (non-hydrogen) atoms. The molecular weight excluding hydrogens is 338 g/mol. The minimum atomic E-state index is -0.803. The lowest BCUT2D eigenvalue weighted by Crippen LogP contribution is -2.37. The van der Waals surface area contributed by atoms with Crippen molar-refractivity contribution < 1.29 is 15.0 Å². The van der Waals surface area contributed by atoms with Crippen LogP contribution in [0.1, 0.15) is 5.56 Å². The second-order valence-corrected chi connectivity index (χ2v) is 5.31. The number of carbonyl (C=O) groups excluding carboxylic acids is 1. The first kappa shape index (κ1) is 15.3. The van der Waals surface area contributed by atoms with E-state index in [9.17, 15) is 15.0 Å². The van der Waals surface area contributed by atoms with E-state index in [0.29, 0.717) is 15.9 Å². The van der Waals surface area contributed by atoms with E-state index in [1.807, 2.05) is 0 Å². The summed E-state index contributed by atoms with van der Waals surface area (Å²) in [6.07, 6.45) is 1.79. The highest BCUT2D eigenvalue weighted by atomic mass is 79.9. The molecule has 5 N–H and O–H groups in total. The van der Waals surface area contributed by atoms with Gasteiger partial charge in [0.25, 0.3) is 0 Å². The number of aromatic nitrogens is 1. The van der Waals surface area contributed by atoms with E-state index >= 15 is 0 Å². The van der Waals surface area contributed by atoms with Crippen LogP contribution in [0, 0.1) is 0 Å². The number of nitrogens with zero attached hydrogens (tertiary/aromatic N) is 1. The maximum Gasteiger partial charge on any atom is 0.242 e. The first-order chi connectivity index (χ1) is 9.97. The number of rotatable bonds is 4. The van der Waals surface area contributed by atoms with Crippen molar-refractivity contribution in [2.24, 2.45) is 5.73 Å². The minimum Gasteiger partial charge on any atom is -0.504 e. The smallest absolute Gasteiger partial charge is 0.242 e. The number of hydrogen-bond acceptors (Lipinski definition) is 5. The molecule has 0 aliphatic heterocycles. The number of nitrogens with one attached hydrogen (secondary N) is 1. The van der Waals surface area contributed by atoms with Gasteiger partial charge in [-0.3, -0.25) is 4.79 Å². The van der Waals surface area contributed by atoms with Crippen LogP contribution in [0.3, 0.4) is 0 Å². The number of amides is 1. The molecule has 7 heteroatoms. The van der Waals surface area contributed by atoms with Crippen LogP contribution in [0.25, 0.3) is 0 Å². The average Bonchev–Trinajstić information content (AvgIpc) is 2.45. The molecule has 0 saturated heterocycles. The third-order valence-corrected chi connectivity index (χ3v) is 3.47. The summed E-state index contributed by atoms with van der Waals surface area (Å²) in [5.41, 5.74) is 6.48. The van der Waals surface area contributed by atoms with E-state index < -0.39 is 6.04 Å². The van der Waals surface area contributed by atoms with Crippen molar-refractivity contribution in [2.75, 3.05) is 5.32 Å². The highest BCUT2D eigenvalue weighted by Gasteiger charge is 2.16. The quantitative estimate of drug-likeness (QED) is 0.627. The predicted octanol–water partition coefficient (Wildman–Crippen LogP) is 1.76. The SMILES string of the molecule is N[C@@H](Cc1ccc(O)c(O)c1)C(=O)Nc1ncccc1Br. The molecule has 1 aromatic heterocycles. The third kappa shape index (κ3) is 3.93. The van der Waals surface area contributed by atoms with Crippen LogP contribution in [0.15, 0.2) is 41.0 Å². The summed E-state index contributed by atoms with van der Waals surface area (Å²) in [6.45, 7) is 0. The van der Waals surface area contributed by atoms with E-state index in [1.54, 1.807) is 24.4 Å². The first-order valence-electron chi connectivity index (χ1n) is 6.15. The molecule has 0 aliphatic carbocycles. The van der Waals surface area contributed by atoms with Crippen molar-refractivity contribution in [2.45, 2.75) is 12.5 Å². The van der Waals surface area contributed by atoms with E-state index in [4.69, 9.17) is 5.73 Å². The Hall–Kier alpha value is -2.12. The highest BCUT2D eigenvalue weighted by Crippen LogP contribution is 2.25. The number of hydrogen-bond donors (Lipinski definition) is 4. The van der Waals surface area contributed by atoms with Gasteiger partial charge in [-0.25, -0.2) is 4.98 Å². The Bertz CT molecular complexity index is 664. The Kier molecular flexibility index (Phi) is 4.77. The number of phenolic OH excluding ortho intramolecular Hbond substituents is 2. The molecule has 1 amide bonds. The van der Waals surface area contributed by atoms with Crippen LogP contribution in [0.4, 0.5) is 5.82 Å². The van der Waals surface area contributed by atoms with Gasteiger partial charge in [0.1, 0.15) is 5.82 Å². The third-order valence-electron chi connectivity index (χ3n) is 2.83. The Morgan fingerprint density at radius 1 is 1.33 bits per heavy atom. The lowest BCUT2D eigenvalue weighted by molar-refractivity contribution is -0.117. The fourth-order valence-electron chi connectivity index (χ4n) is 1.73. The van der Waals surface area contributed by atoms with Gasteiger partial charge in [-0.1, -0.05) is 6.07 Å². The topological polar surface area (TPSA) is 108 Å². The monoisotopic (exact) mass is 351 g/mol. The van der Waals surface area contributed by atoms with Gasteiger partial charge in [0.05, 0.1) is 10.5 Å². The largest absolute Gasteiger partial charge is 0.504 e. The van der Waals surface area contributed by atoms with Crippen molar-refractivity contribution in [3.63, 3.8) is 0 Å². The summed E-state index contributed by atoms with van der Waals surface area (Å²) in [4.78, 5) is 16.0. The van der Waals surface area contributed by atoms with E-state index in [-0.39, 0.29) is 23.8 Å². The second-order valence-electron chi connectivity index (χ2n) is 4.46. The van der Waals surface area contributed by atoms with Crippen LogP contribution >= 0.6 is 15.9 Å². The number of nitrogens with two attached hydrogens (primary N) is 1. The molecule has 2 aromatic rings. The van der Waals surface area contributed by atoms with Gasteiger partial charge < -0.3 is 21.3 Å². The first-order valence-corrected chi connectivity index (χ1v) is 6.94. The molecule has 1 heterocycles. The summed E-state index contributed by atoms with van der Waals surface area (Å²) in [5, 5.41) is 21.3. The van der Waals surface area contributed by atoms with Gasteiger partial charge in [-0.15, -0.1) is 0 Å². The molecule has 0 unspecified atom stereocenters. The zero-order valence-electron chi connectivity index (χ0n) is 11.0. The van der Waals surface area contributed by atoms with Crippen molar-refractivity contribution in [1.29, 1.82) is 0 Å². The molecule has 0 spiro atoms. The van der Waals surface area contributed by atoms with E-state index in [2.05, 4.69) is 26.2 Å². The van der Waals surface area contributed by atoms with Crippen LogP contribution < -0.4 is 11.1 Å². The normalized spacial score (nSPS) is 11.9. The molecule has 0 radical (unpaired) electrons. The van der Waals surface area contributed by atoms with Crippen molar-refractivity contribution in [3.8, 4) is 11.5 Å². The number of pyridine rings is 1. The minimum absolute atomic E-state index is 0.214. The van der Waals surface area contributed by atoms with Gasteiger partial charge >= 0.3 is 0 Å². The fraction of sp³-hybridized carbons (Fsp3) is 0.143. The summed E-state index contributed by atoms with van der Waals surface area (Å²) in [6, 6.07) is 7.01. The number of phenols is 2. The van der Waals surface area contributed by atoms with Gasteiger partial charge in [0, 0.05) is 6.20 Å². The maximum atomic E-state index is 12.0. The van der Waals surface area contributed by atoms with Crippen molar-refractivity contribution in [3.05, 3.63) is 46.6 Å². The van der Waals surface area contributed by atoms with Gasteiger partial charge in [-0.05, 0) is 52.2 Å². The molecule has 110 valence electrons. The number of benzene rings is 1. The number of anilines is 1. The van der Waals surface area contributed by atoms with Crippen LogP contribution in [0.5, 0.6) is 11.5 Å². The lowest BCUT2D eigenvalue weighted by atomic mass is 10.1. The summed E-state index contributed by atoms with van der Waals surface area (Å²) < 4.78 is 0.660. The number of aromatic hydroxyl groups is 2. The zero-order valence-corrected chi connectivity index (χ0v) is 12.5. The molecule has 2 rings (SSSR count). The van der Waals surface area contributed by atoms with Crippen LogP contribution in [0.2, 0.25) is 0 Å². The zero-order chi connectivity index (χ0) is 15.4. The lowest BCUT2D eigenvalue weighted by Gasteiger charge is -2.13. The number of carbonyl (C=O) groups is 1. The van der Waals surface area contributed by atoms with Crippen LogP contribution in [-0.2, 0) is 11.2 Å². The summed E-state index contributed by atoms with van der Waals surface area (Å²) in [5.74, 6) is -0.449. The van der Waals surface area contributed by atoms with Crippen molar-refractivity contribution >= 4 is 27.7 Å². The predicted molar refractivity (Wildman–Crippen MR) is 82.0 cm³/mol. The molecule has 1 atom stereocenters. The molecular formula is C14H14BrN3O3. The van der Waals surface area contributed by atoms with Crippen LogP contribution in [-0.4, -0.2) is 27.1 Å². The standard InChI is InChI=1S/C14H14BrN3O3/c15-9-2-1-5-17-13(9)18-14(21)10(16)6-8-3-4-11(19)12(20)7-8/h1-5,7,10,19-20H,6,16H2,(H,17,18,21)/t10-/m0/s1. The Balaban J connectivity index is 2.02. The Morgan fingerprint density at radius 3 is 2.76 bits per heavy atom. The molecule has 0 saturated carbocycles. The van der Waals surface area contributed by atoms with Crippen molar-refractivity contribution in [1.82, 2.24) is 4.98 Å². The molecule has 0 aliphatic rings. The van der Waals surface area contributed by atoms with E-state index in [0.717, 1.165) is 0 Å². The highest BCUT2D eigenvalue weighted by molar-refractivity contribution is 9.10. The summed E-state index contributed by atoms with van der Waals surface area (Å²) in [7, 11) is 0. The fourth-order valence-corrected chi connectivity index (χ4v) is 2.08. The van der Waals surface area contributed by atoms with Gasteiger partial charge in [0.2, 0.25) is 5.91 Å². The Morgan fingerprint density at radius 2 is 2.10 bits per heavy atom. The van der Waals surface area contributed by atoms with E-state index in [1.165, 1.54) is 12.1 Å². The second kappa shape index (κ2) is 6.55. The van der Waals surface area contributed by atoms with Gasteiger partial charge in [-0.2, -0.15) is 0 Å². The average molecular weight is 352 g/mol. The number of halogens is 1. The Labute approximate surface area is 129 Å². The maximum absolute atomic E-state index is 12.0. The van der Waals surface area contributed by atoms with Gasteiger partial charge in [0.15, 0.2) is 11.5 Å². The molecule has 0 bridgehead atoms. The molecule has 1 aromatic carbocycles. The molecule has 0 fully saturated rings. The molecule has 6 nitrogen and oxygen atoms in total. The summed E-state index contributed by atoms with van der Waals surface area (Å²) >= 11 is 3.28.